The van der Waals surface area contributed by atoms with Gasteiger partial charge in [0.2, 0.25) is 5.91 Å². The van der Waals surface area contributed by atoms with Gasteiger partial charge >= 0.3 is 0 Å². The molecule has 0 spiro atoms. The van der Waals surface area contributed by atoms with Gasteiger partial charge in [-0.15, -0.1) is 11.8 Å². The van der Waals surface area contributed by atoms with E-state index in [1.165, 1.54) is 0 Å². The molecular formula is C14H12N2OS. The van der Waals surface area contributed by atoms with Crippen molar-refractivity contribution in [2.75, 3.05) is 10.7 Å². The third-order valence-electron chi connectivity index (χ3n) is 2.85. The first-order chi connectivity index (χ1) is 8.86. The molecule has 3 rings (SSSR count). The Hall–Kier alpha value is -1.81. The number of pyridine rings is 1. The van der Waals surface area contributed by atoms with E-state index in [0.717, 1.165) is 11.4 Å². The second-order valence-corrected chi connectivity index (χ2v) is 5.09. The highest BCUT2D eigenvalue weighted by atomic mass is 32.2. The van der Waals surface area contributed by atoms with Gasteiger partial charge in [0.15, 0.2) is 0 Å². The molecule has 0 radical (unpaired) electrons. The zero-order valence-electron chi connectivity index (χ0n) is 9.69. The second-order valence-electron chi connectivity index (χ2n) is 4.03. The van der Waals surface area contributed by atoms with Gasteiger partial charge in [0, 0.05) is 6.20 Å². The lowest BCUT2D eigenvalue weighted by atomic mass is 10.2. The maximum Gasteiger partial charge on any atom is 0.239 e. The fraction of sp³-hybridized carbons (Fsp3) is 0.143. The van der Waals surface area contributed by atoms with E-state index in [0.29, 0.717) is 5.75 Å². The van der Waals surface area contributed by atoms with Crippen LogP contribution < -0.4 is 4.90 Å². The summed E-state index contributed by atoms with van der Waals surface area (Å²) >= 11 is 1.64. The van der Waals surface area contributed by atoms with Crippen LogP contribution in [0.5, 0.6) is 0 Å². The van der Waals surface area contributed by atoms with Crippen molar-refractivity contribution in [3.63, 3.8) is 0 Å². The summed E-state index contributed by atoms with van der Waals surface area (Å²) in [4.78, 5) is 18.1. The van der Waals surface area contributed by atoms with Crippen molar-refractivity contribution in [3.8, 4) is 0 Å². The van der Waals surface area contributed by atoms with Crippen molar-refractivity contribution in [2.24, 2.45) is 0 Å². The molecule has 1 aromatic carbocycles. The topological polar surface area (TPSA) is 33.2 Å². The predicted octanol–water partition coefficient (Wildman–Crippen LogP) is 2.86. The van der Waals surface area contributed by atoms with Gasteiger partial charge < -0.3 is 0 Å². The van der Waals surface area contributed by atoms with Gasteiger partial charge in [0.05, 0.1) is 5.75 Å². The number of benzene rings is 1. The molecule has 1 unspecified atom stereocenters. The molecule has 1 atom stereocenters. The molecule has 1 fully saturated rings. The monoisotopic (exact) mass is 256 g/mol. The number of hydrogen-bond acceptors (Lipinski definition) is 3. The van der Waals surface area contributed by atoms with Gasteiger partial charge in [-0.2, -0.15) is 0 Å². The normalized spacial score (nSPS) is 19.2. The first-order valence-corrected chi connectivity index (χ1v) is 6.81. The van der Waals surface area contributed by atoms with Crippen LogP contribution in [0.1, 0.15) is 10.9 Å². The lowest BCUT2D eigenvalue weighted by Gasteiger charge is -2.23. The van der Waals surface area contributed by atoms with E-state index >= 15 is 0 Å². The lowest BCUT2D eigenvalue weighted by molar-refractivity contribution is -0.115. The molecule has 0 N–H and O–H groups in total. The molecule has 3 nitrogen and oxygen atoms in total. The molecule has 1 saturated heterocycles. The average molecular weight is 256 g/mol. The number of anilines is 1. The van der Waals surface area contributed by atoms with Gasteiger partial charge in [-0.1, -0.05) is 36.4 Å². The summed E-state index contributed by atoms with van der Waals surface area (Å²) in [7, 11) is 0. The Labute approximate surface area is 110 Å². The molecule has 90 valence electrons. The highest BCUT2D eigenvalue weighted by Crippen LogP contribution is 2.40. The minimum absolute atomic E-state index is 0.0357. The number of amides is 1. The third kappa shape index (κ3) is 1.99. The number of aromatic nitrogens is 1. The number of thioether (sulfide) groups is 1. The fourth-order valence-corrected chi connectivity index (χ4v) is 3.20. The number of hydrogen-bond donors (Lipinski definition) is 0. The van der Waals surface area contributed by atoms with Crippen molar-refractivity contribution >= 4 is 23.5 Å². The van der Waals surface area contributed by atoms with E-state index in [-0.39, 0.29) is 11.3 Å². The number of carbonyl (C=O) groups excluding carboxylic acids is 1. The molecule has 2 heterocycles. The fourth-order valence-electron chi connectivity index (χ4n) is 2.03. The van der Waals surface area contributed by atoms with Crippen LogP contribution in [0, 0.1) is 0 Å². The van der Waals surface area contributed by atoms with Crippen LogP contribution in [0.15, 0.2) is 54.7 Å². The van der Waals surface area contributed by atoms with E-state index in [1.807, 2.05) is 48.5 Å². The number of nitrogens with zero attached hydrogens (tertiary/aromatic N) is 2. The van der Waals surface area contributed by atoms with E-state index in [1.54, 1.807) is 22.9 Å². The molecule has 0 bridgehead atoms. The average Bonchev–Trinajstić information content (AvgIpc) is 2.83. The molecule has 0 saturated carbocycles. The molecule has 1 aromatic heterocycles. The van der Waals surface area contributed by atoms with Crippen LogP contribution in [0.4, 0.5) is 5.82 Å². The van der Waals surface area contributed by atoms with Crippen molar-refractivity contribution < 1.29 is 4.79 Å². The Morgan fingerprint density at radius 2 is 1.89 bits per heavy atom. The predicted molar refractivity (Wildman–Crippen MR) is 73.4 cm³/mol. The summed E-state index contributed by atoms with van der Waals surface area (Å²) < 4.78 is 0. The summed E-state index contributed by atoms with van der Waals surface area (Å²) in [6.45, 7) is 0. The molecule has 2 aromatic rings. The van der Waals surface area contributed by atoms with Crippen LogP contribution in [0.3, 0.4) is 0 Å². The summed E-state index contributed by atoms with van der Waals surface area (Å²) in [5, 5.41) is 0.0357. The van der Waals surface area contributed by atoms with Crippen LogP contribution in [-0.4, -0.2) is 16.6 Å². The highest BCUT2D eigenvalue weighted by Gasteiger charge is 2.34. The molecule has 1 aliphatic heterocycles. The van der Waals surface area contributed by atoms with Crippen LogP contribution in [0.2, 0.25) is 0 Å². The van der Waals surface area contributed by atoms with Crippen molar-refractivity contribution in [2.45, 2.75) is 5.37 Å². The van der Waals surface area contributed by atoms with E-state index in [4.69, 9.17) is 0 Å². The van der Waals surface area contributed by atoms with Crippen LogP contribution >= 0.6 is 11.8 Å². The van der Waals surface area contributed by atoms with Crippen LogP contribution in [-0.2, 0) is 4.79 Å². The maximum absolute atomic E-state index is 12.0. The van der Waals surface area contributed by atoms with Crippen molar-refractivity contribution in [1.29, 1.82) is 0 Å². The molecule has 1 aliphatic rings. The summed E-state index contributed by atoms with van der Waals surface area (Å²) in [6.07, 6.45) is 1.72. The maximum atomic E-state index is 12.0. The molecule has 1 amide bonds. The zero-order valence-corrected chi connectivity index (χ0v) is 10.5. The molecule has 18 heavy (non-hydrogen) atoms. The van der Waals surface area contributed by atoms with Gasteiger partial charge in [-0.05, 0) is 17.7 Å². The zero-order chi connectivity index (χ0) is 12.4. The quantitative estimate of drug-likeness (QED) is 0.828. The van der Waals surface area contributed by atoms with Gasteiger partial charge in [-0.25, -0.2) is 4.98 Å². The lowest BCUT2D eigenvalue weighted by Crippen LogP contribution is -2.28. The first-order valence-electron chi connectivity index (χ1n) is 5.76. The minimum Gasteiger partial charge on any atom is -0.279 e. The van der Waals surface area contributed by atoms with E-state index < -0.39 is 0 Å². The number of carbonyl (C=O) groups is 1. The number of rotatable bonds is 2. The third-order valence-corrected chi connectivity index (χ3v) is 4.06. The van der Waals surface area contributed by atoms with E-state index in [9.17, 15) is 4.79 Å². The minimum atomic E-state index is 0.0357. The summed E-state index contributed by atoms with van der Waals surface area (Å²) in [5.41, 5.74) is 1.14. The highest BCUT2D eigenvalue weighted by molar-refractivity contribution is 8.00. The smallest absolute Gasteiger partial charge is 0.239 e. The first kappa shape index (κ1) is 11.3. The van der Waals surface area contributed by atoms with Crippen molar-refractivity contribution in [1.82, 2.24) is 4.98 Å². The Morgan fingerprint density at radius 3 is 2.61 bits per heavy atom. The standard InChI is InChI=1S/C14H12N2OS/c17-13-10-18-14(11-6-2-1-3-7-11)16(13)12-8-4-5-9-15-12/h1-9,14H,10H2. The largest absolute Gasteiger partial charge is 0.279 e. The van der Waals surface area contributed by atoms with E-state index in [2.05, 4.69) is 4.98 Å². The Morgan fingerprint density at radius 1 is 1.11 bits per heavy atom. The Kier molecular flexibility index (Phi) is 3.02. The Bertz CT molecular complexity index is 544. The van der Waals surface area contributed by atoms with Crippen molar-refractivity contribution in [3.05, 3.63) is 60.3 Å². The Balaban J connectivity index is 1.98. The van der Waals surface area contributed by atoms with Gasteiger partial charge in [0.25, 0.3) is 0 Å². The SMILES string of the molecule is O=C1CSC(c2ccccc2)N1c1ccccn1. The van der Waals surface area contributed by atoms with Gasteiger partial charge in [0.1, 0.15) is 11.2 Å². The molecule has 4 heteroatoms. The molecule has 0 aliphatic carbocycles. The van der Waals surface area contributed by atoms with Gasteiger partial charge in [-0.3, -0.25) is 9.69 Å². The summed E-state index contributed by atoms with van der Waals surface area (Å²) in [6, 6.07) is 15.7. The molecular weight excluding hydrogens is 244 g/mol. The second kappa shape index (κ2) is 4.82. The summed E-state index contributed by atoms with van der Waals surface area (Å²) in [5.74, 6) is 1.35. The van der Waals surface area contributed by atoms with Crippen LogP contribution in [0.25, 0.3) is 0 Å².